The quantitative estimate of drug-likeness (QED) is 0.562. The first kappa shape index (κ1) is 22.9. The first-order valence-electron chi connectivity index (χ1n) is 10.7. The van der Waals surface area contributed by atoms with Gasteiger partial charge in [0.1, 0.15) is 34.5 Å². The Balaban J connectivity index is 1.46. The smallest absolute Gasteiger partial charge is 0.410 e. The summed E-state index contributed by atoms with van der Waals surface area (Å²) in [6, 6.07) is 7.13. The minimum absolute atomic E-state index is 0.0192. The first-order chi connectivity index (χ1) is 15.6. The molecule has 0 aliphatic carbocycles. The van der Waals surface area contributed by atoms with E-state index in [0.717, 1.165) is 22.4 Å². The van der Waals surface area contributed by atoms with Crippen LogP contribution in [0, 0.1) is 0 Å². The number of hydrogen-bond acceptors (Lipinski definition) is 8. The zero-order valence-corrected chi connectivity index (χ0v) is 19.8. The molecule has 9 nitrogen and oxygen atoms in total. The molecular weight excluding hydrogens is 446 g/mol. The molecule has 1 fully saturated rings. The van der Waals surface area contributed by atoms with Gasteiger partial charge in [-0.2, -0.15) is 0 Å². The molecule has 1 aliphatic rings. The van der Waals surface area contributed by atoms with Crippen LogP contribution in [0.2, 0.25) is 0 Å². The summed E-state index contributed by atoms with van der Waals surface area (Å²) >= 11 is 1.12. The van der Waals surface area contributed by atoms with Crippen LogP contribution in [-0.2, 0) is 9.47 Å². The first-order valence-corrected chi connectivity index (χ1v) is 11.5. The van der Waals surface area contributed by atoms with Gasteiger partial charge in [0.2, 0.25) is 0 Å². The molecule has 1 amide bonds. The number of benzene rings is 1. The highest BCUT2D eigenvalue weighted by Gasteiger charge is 2.28. The van der Waals surface area contributed by atoms with E-state index in [1.807, 2.05) is 39.0 Å². The largest absolute Gasteiger partial charge is 0.506 e. The van der Waals surface area contributed by atoms with Crippen LogP contribution in [0.25, 0.3) is 16.0 Å². The Kier molecular flexibility index (Phi) is 6.20. The number of carbonyl (C=O) groups excluding carboxylic acids is 2. The van der Waals surface area contributed by atoms with Crippen LogP contribution in [0.15, 0.2) is 30.6 Å². The molecule has 0 atom stereocenters. The van der Waals surface area contributed by atoms with E-state index >= 15 is 0 Å². The number of amides is 1. The Morgan fingerprint density at radius 1 is 1.18 bits per heavy atom. The van der Waals surface area contributed by atoms with Crippen molar-refractivity contribution in [2.45, 2.75) is 45.3 Å². The van der Waals surface area contributed by atoms with E-state index in [4.69, 9.17) is 14.2 Å². The number of ether oxygens (including phenoxy) is 3. The molecule has 176 valence electrons. The van der Waals surface area contributed by atoms with E-state index in [-0.39, 0.29) is 22.8 Å². The highest BCUT2D eigenvalue weighted by Crippen LogP contribution is 2.34. The maximum absolute atomic E-state index is 12.3. The van der Waals surface area contributed by atoms with Gasteiger partial charge in [-0.15, -0.1) is 11.3 Å². The summed E-state index contributed by atoms with van der Waals surface area (Å²) in [6.45, 7) is 6.72. The fourth-order valence-electron chi connectivity index (χ4n) is 3.64. The molecule has 1 aliphatic heterocycles. The molecule has 10 heteroatoms. The molecule has 1 saturated heterocycles. The van der Waals surface area contributed by atoms with Gasteiger partial charge < -0.3 is 24.2 Å². The van der Waals surface area contributed by atoms with Crippen molar-refractivity contribution >= 4 is 34.4 Å². The van der Waals surface area contributed by atoms with E-state index in [1.165, 1.54) is 13.2 Å². The summed E-state index contributed by atoms with van der Waals surface area (Å²) in [5.74, 6) is -0.0308. The van der Waals surface area contributed by atoms with Gasteiger partial charge >= 0.3 is 12.1 Å². The van der Waals surface area contributed by atoms with Crippen molar-refractivity contribution in [3.63, 3.8) is 0 Å². The Morgan fingerprint density at radius 3 is 2.58 bits per heavy atom. The Labute approximate surface area is 195 Å². The molecule has 0 spiro atoms. The van der Waals surface area contributed by atoms with Crippen LogP contribution in [0.5, 0.6) is 11.5 Å². The molecule has 3 heterocycles. The van der Waals surface area contributed by atoms with Crippen LogP contribution in [0.3, 0.4) is 0 Å². The van der Waals surface area contributed by atoms with E-state index in [0.29, 0.717) is 36.7 Å². The standard InChI is InChI=1S/C23H27N3O6S/c1-23(2,3)32-22(29)25-9-7-14(8-10-25)31-15-5-6-16-17(11-15)26(13-24-16)19-12-18(27)20(33-19)21(28)30-4/h5-6,11-14,27H,7-10H2,1-4H3. The highest BCUT2D eigenvalue weighted by atomic mass is 32.1. The lowest BCUT2D eigenvalue weighted by atomic mass is 10.1. The molecule has 4 rings (SSSR count). The highest BCUT2D eigenvalue weighted by molar-refractivity contribution is 7.16. The summed E-state index contributed by atoms with van der Waals surface area (Å²) in [5.41, 5.74) is 1.03. The van der Waals surface area contributed by atoms with Crippen molar-refractivity contribution in [1.29, 1.82) is 0 Å². The number of piperidine rings is 1. The maximum atomic E-state index is 12.3. The number of nitrogens with zero attached hydrogens (tertiary/aromatic N) is 3. The van der Waals surface area contributed by atoms with Gasteiger partial charge in [-0.25, -0.2) is 14.6 Å². The second-order valence-electron chi connectivity index (χ2n) is 8.84. The average Bonchev–Trinajstić information content (AvgIpc) is 3.35. The molecule has 0 unspecified atom stereocenters. The lowest BCUT2D eigenvalue weighted by Crippen LogP contribution is -2.44. The predicted molar refractivity (Wildman–Crippen MR) is 123 cm³/mol. The van der Waals surface area contributed by atoms with Crippen molar-refractivity contribution in [1.82, 2.24) is 14.5 Å². The van der Waals surface area contributed by atoms with Crippen molar-refractivity contribution in [2.75, 3.05) is 20.2 Å². The Morgan fingerprint density at radius 2 is 1.91 bits per heavy atom. The van der Waals surface area contributed by atoms with Crippen LogP contribution in [0.4, 0.5) is 4.79 Å². The van der Waals surface area contributed by atoms with Crippen LogP contribution in [0.1, 0.15) is 43.3 Å². The van der Waals surface area contributed by atoms with Crippen molar-refractivity contribution in [3.05, 3.63) is 35.5 Å². The van der Waals surface area contributed by atoms with E-state index in [9.17, 15) is 14.7 Å². The topological polar surface area (TPSA) is 103 Å². The van der Waals surface area contributed by atoms with Gasteiger partial charge in [-0.1, -0.05) is 0 Å². The van der Waals surface area contributed by atoms with Gasteiger partial charge in [0.25, 0.3) is 0 Å². The second kappa shape index (κ2) is 8.93. The zero-order valence-electron chi connectivity index (χ0n) is 19.0. The molecule has 1 aromatic carbocycles. The lowest BCUT2D eigenvalue weighted by Gasteiger charge is -2.33. The minimum Gasteiger partial charge on any atom is -0.506 e. The number of rotatable bonds is 4. The molecule has 0 bridgehead atoms. The number of hydrogen-bond donors (Lipinski definition) is 1. The number of carbonyl (C=O) groups is 2. The summed E-state index contributed by atoms with van der Waals surface area (Å²) < 4.78 is 18.2. The van der Waals surface area contributed by atoms with E-state index in [2.05, 4.69) is 4.98 Å². The molecule has 2 aromatic heterocycles. The number of methoxy groups -OCH3 is 1. The van der Waals surface area contributed by atoms with Crippen molar-refractivity contribution < 1.29 is 28.9 Å². The molecule has 0 radical (unpaired) electrons. The van der Waals surface area contributed by atoms with Gasteiger partial charge in [0.15, 0.2) is 4.88 Å². The van der Waals surface area contributed by atoms with Crippen molar-refractivity contribution in [2.24, 2.45) is 0 Å². The summed E-state index contributed by atoms with van der Waals surface area (Å²) in [4.78, 5) is 30.4. The van der Waals surface area contributed by atoms with Crippen LogP contribution >= 0.6 is 11.3 Å². The monoisotopic (exact) mass is 473 g/mol. The molecule has 3 aromatic rings. The van der Waals surface area contributed by atoms with Gasteiger partial charge in [0, 0.05) is 38.1 Å². The SMILES string of the molecule is COC(=O)c1sc(-n2cnc3ccc(OC4CCN(C(=O)OC(C)(C)C)CC4)cc32)cc1O. The number of likely N-dealkylation sites (tertiary alicyclic amines) is 1. The van der Waals surface area contributed by atoms with Gasteiger partial charge in [-0.3, -0.25) is 4.57 Å². The zero-order chi connectivity index (χ0) is 23.8. The van der Waals surface area contributed by atoms with Crippen molar-refractivity contribution in [3.8, 4) is 16.5 Å². The number of imidazole rings is 1. The summed E-state index contributed by atoms with van der Waals surface area (Å²) in [7, 11) is 1.27. The fraction of sp³-hybridized carbons (Fsp3) is 0.435. The third kappa shape index (κ3) is 5.05. The molecule has 0 saturated carbocycles. The van der Waals surface area contributed by atoms with E-state index < -0.39 is 11.6 Å². The van der Waals surface area contributed by atoms with Gasteiger partial charge in [-0.05, 0) is 32.9 Å². The molecule has 1 N–H and O–H groups in total. The number of esters is 1. The maximum Gasteiger partial charge on any atom is 0.410 e. The van der Waals surface area contributed by atoms with Gasteiger partial charge in [0.05, 0.1) is 18.1 Å². The third-order valence-electron chi connectivity index (χ3n) is 5.22. The summed E-state index contributed by atoms with van der Waals surface area (Å²) in [6.07, 6.45) is 2.74. The average molecular weight is 474 g/mol. The molecule has 33 heavy (non-hydrogen) atoms. The fourth-order valence-corrected chi connectivity index (χ4v) is 4.59. The number of fused-ring (bicyclic) bond motifs is 1. The number of thiophene rings is 1. The van der Waals surface area contributed by atoms with Crippen LogP contribution < -0.4 is 4.74 Å². The normalized spacial score (nSPS) is 15.0. The lowest BCUT2D eigenvalue weighted by molar-refractivity contribution is 0.0126. The third-order valence-corrected chi connectivity index (χ3v) is 6.33. The number of aromatic hydroxyl groups is 1. The van der Waals surface area contributed by atoms with Crippen LogP contribution in [-0.4, -0.2) is 63.5 Å². The number of aromatic nitrogens is 2. The Hall–Kier alpha value is -3.27. The Bertz CT molecular complexity index is 1170. The second-order valence-corrected chi connectivity index (χ2v) is 9.87. The predicted octanol–water partition coefficient (Wildman–Crippen LogP) is 4.36. The van der Waals surface area contributed by atoms with E-state index in [1.54, 1.807) is 15.8 Å². The summed E-state index contributed by atoms with van der Waals surface area (Å²) in [5, 5.41) is 10.7. The minimum atomic E-state index is -0.588. The molecular formula is C23H27N3O6S.